The van der Waals surface area contributed by atoms with Crippen molar-refractivity contribution in [2.45, 2.75) is 43.9 Å². The predicted molar refractivity (Wildman–Crippen MR) is 146 cm³/mol. The number of nitrogens with zero attached hydrogens (tertiary/aromatic N) is 4. The van der Waals surface area contributed by atoms with Crippen LogP contribution in [0.3, 0.4) is 0 Å². The minimum atomic E-state index is -3.84. The number of halogens is 2. The van der Waals surface area contributed by atoms with Gasteiger partial charge in [-0.15, -0.1) is 11.3 Å². The van der Waals surface area contributed by atoms with Crippen LogP contribution in [0.4, 0.5) is 5.13 Å². The molecule has 1 aliphatic rings. The van der Waals surface area contributed by atoms with Crippen molar-refractivity contribution >= 4 is 77.2 Å². The molecule has 0 saturated carbocycles. The van der Waals surface area contributed by atoms with E-state index in [9.17, 15) is 13.2 Å². The minimum absolute atomic E-state index is 0.152. The molecule has 0 bridgehead atoms. The van der Waals surface area contributed by atoms with Gasteiger partial charge in [0, 0.05) is 19.6 Å². The third-order valence-corrected chi connectivity index (χ3v) is 11.5. The first-order valence-electron chi connectivity index (χ1n) is 11.5. The summed E-state index contributed by atoms with van der Waals surface area (Å²) >= 11 is 14.8. The molecule has 0 aliphatic carbocycles. The molecular formula is C23H28Cl2N4O3S3. The van der Waals surface area contributed by atoms with Crippen molar-refractivity contribution in [1.29, 1.82) is 0 Å². The Bertz CT molecular complexity index is 1280. The summed E-state index contributed by atoms with van der Waals surface area (Å²) in [6, 6.07) is 6.02. The Labute approximate surface area is 224 Å². The van der Waals surface area contributed by atoms with Crippen LogP contribution in [0.25, 0.3) is 10.2 Å². The van der Waals surface area contributed by atoms with Crippen molar-refractivity contribution in [3.05, 3.63) is 39.2 Å². The molecule has 3 aromatic rings. The van der Waals surface area contributed by atoms with Crippen LogP contribution in [-0.2, 0) is 14.8 Å². The maximum atomic E-state index is 14.0. The molecule has 1 aliphatic heterocycles. The molecule has 1 atom stereocenters. The zero-order valence-electron chi connectivity index (χ0n) is 19.8. The first-order valence-corrected chi connectivity index (χ1v) is 15.4. The van der Waals surface area contributed by atoms with Gasteiger partial charge in [-0.2, -0.15) is 4.31 Å². The third-order valence-electron chi connectivity index (χ3n) is 6.32. The van der Waals surface area contributed by atoms with E-state index in [-0.39, 0.29) is 10.1 Å². The topological polar surface area (TPSA) is 73.8 Å². The molecule has 12 heteroatoms. The summed E-state index contributed by atoms with van der Waals surface area (Å²) < 4.78 is 29.5. The average molecular weight is 576 g/mol. The van der Waals surface area contributed by atoms with Crippen LogP contribution in [0, 0.1) is 6.92 Å². The number of amides is 1. The lowest BCUT2D eigenvalue weighted by Gasteiger charge is -2.29. The highest BCUT2D eigenvalue weighted by molar-refractivity contribution is 7.91. The maximum Gasteiger partial charge on any atom is 0.253 e. The largest absolute Gasteiger partial charge is 0.302 e. The summed E-state index contributed by atoms with van der Waals surface area (Å²) in [7, 11) is -3.84. The second-order valence-corrected chi connectivity index (χ2v) is 13.6. The Hall–Kier alpha value is -1.27. The Balaban J connectivity index is 1.70. The Kier molecular flexibility index (Phi) is 8.42. The summed E-state index contributed by atoms with van der Waals surface area (Å²) in [6.07, 6.45) is 1.08. The van der Waals surface area contributed by atoms with E-state index < -0.39 is 16.1 Å². The summed E-state index contributed by atoms with van der Waals surface area (Å²) in [5, 5.41) is 1.13. The molecule has 35 heavy (non-hydrogen) atoms. The number of fused-ring (bicyclic) bond motifs is 1. The van der Waals surface area contributed by atoms with E-state index in [2.05, 4.69) is 18.7 Å². The number of rotatable bonds is 9. The molecule has 2 aromatic heterocycles. The monoisotopic (exact) mass is 574 g/mol. The van der Waals surface area contributed by atoms with Crippen molar-refractivity contribution in [3.63, 3.8) is 0 Å². The van der Waals surface area contributed by atoms with Crippen LogP contribution in [0.15, 0.2) is 28.5 Å². The number of aryl methyl sites for hydroxylation is 1. The molecule has 7 nitrogen and oxygen atoms in total. The van der Waals surface area contributed by atoms with Crippen molar-refractivity contribution in [1.82, 2.24) is 14.2 Å². The smallest absolute Gasteiger partial charge is 0.253 e. The number of hydrogen-bond acceptors (Lipinski definition) is 7. The molecule has 190 valence electrons. The van der Waals surface area contributed by atoms with Crippen LogP contribution in [0.2, 0.25) is 9.36 Å². The minimum Gasteiger partial charge on any atom is -0.302 e. The molecule has 0 radical (unpaired) electrons. The van der Waals surface area contributed by atoms with Crippen LogP contribution >= 0.6 is 45.9 Å². The van der Waals surface area contributed by atoms with Crippen LogP contribution < -0.4 is 4.90 Å². The van der Waals surface area contributed by atoms with Crippen molar-refractivity contribution in [2.75, 3.05) is 37.6 Å². The maximum absolute atomic E-state index is 14.0. The zero-order valence-corrected chi connectivity index (χ0v) is 23.8. The van der Waals surface area contributed by atoms with E-state index in [0.717, 1.165) is 40.2 Å². The van der Waals surface area contributed by atoms with Gasteiger partial charge in [-0.25, -0.2) is 13.4 Å². The number of carbonyl (C=O) groups is 1. The van der Waals surface area contributed by atoms with Gasteiger partial charge in [0.25, 0.3) is 10.0 Å². The molecule has 4 rings (SSSR count). The van der Waals surface area contributed by atoms with Crippen LogP contribution in [0.5, 0.6) is 0 Å². The molecule has 1 unspecified atom stereocenters. The van der Waals surface area contributed by atoms with E-state index in [1.165, 1.54) is 21.7 Å². The Morgan fingerprint density at radius 2 is 1.89 bits per heavy atom. The lowest BCUT2D eigenvalue weighted by molar-refractivity contribution is -0.121. The molecule has 1 fully saturated rings. The van der Waals surface area contributed by atoms with E-state index in [1.54, 1.807) is 11.0 Å². The number of anilines is 1. The second kappa shape index (κ2) is 11.0. The fourth-order valence-corrected chi connectivity index (χ4v) is 8.90. The molecule has 0 spiro atoms. The van der Waals surface area contributed by atoms with Crippen molar-refractivity contribution in [3.8, 4) is 0 Å². The number of hydrogen-bond donors (Lipinski definition) is 0. The molecule has 0 N–H and O–H groups in total. The van der Waals surface area contributed by atoms with Crippen LogP contribution in [0.1, 0.15) is 32.3 Å². The molecule has 3 heterocycles. The van der Waals surface area contributed by atoms with Gasteiger partial charge in [-0.3, -0.25) is 9.69 Å². The van der Waals surface area contributed by atoms with Crippen molar-refractivity contribution in [2.24, 2.45) is 0 Å². The first-order chi connectivity index (χ1) is 16.7. The number of thiazole rings is 1. The van der Waals surface area contributed by atoms with Gasteiger partial charge >= 0.3 is 0 Å². The van der Waals surface area contributed by atoms with E-state index >= 15 is 0 Å². The van der Waals surface area contributed by atoms with Gasteiger partial charge in [0.05, 0.1) is 19.6 Å². The van der Waals surface area contributed by atoms with Gasteiger partial charge in [0.1, 0.15) is 10.3 Å². The number of sulfonamides is 1. The first kappa shape index (κ1) is 26.8. The lowest BCUT2D eigenvalue weighted by atomic mass is 10.2. The predicted octanol–water partition coefficient (Wildman–Crippen LogP) is 5.50. The highest BCUT2D eigenvalue weighted by Crippen LogP contribution is 2.37. The fraction of sp³-hybridized carbons (Fsp3) is 0.478. The van der Waals surface area contributed by atoms with Gasteiger partial charge in [-0.1, -0.05) is 54.5 Å². The quantitative estimate of drug-likeness (QED) is 0.337. The van der Waals surface area contributed by atoms with Gasteiger partial charge in [0.15, 0.2) is 5.13 Å². The lowest BCUT2D eigenvalue weighted by Crippen LogP contribution is -2.49. The van der Waals surface area contributed by atoms with Crippen molar-refractivity contribution < 1.29 is 13.2 Å². The third kappa shape index (κ3) is 5.39. The summed E-state index contributed by atoms with van der Waals surface area (Å²) in [5.74, 6) is -0.256. The average Bonchev–Trinajstić information content (AvgIpc) is 3.59. The Morgan fingerprint density at radius 1 is 1.14 bits per heavy atom. The van der Waals surface area contributed by atoms with E-state index in [4.69, 9.17) is 28.2 Å². The highest BCUT2D eigenvalue weighted by atomic mass is 35.5. The highest BCUT2D eigenvalue weighted by Gasteiger charge is 2.42. The number of benzene rings is 1. The summed E-state index contributed by atoms with van der Waals surface area (Å²) in [4.78, 5) is 22.6. The number of thiophene rings is 1. The van der Waals surface area contributed by atoms with E-state index in [1.807, 2.05) is 19.1 Å². The second-order valence-electron chi connectivity index (χ2n) is 8.39. The number of likely N-dealkylation sites (N-methyl/N-ethyl adjacent to an activating group) is 1. The Morgan fingerprint density at radius 3 is 2.51 bits per heavy atom. The fourth-order valence-electron chi connectivity index (χ4n) is 4.29. The standard InChI is InChI=1S/C23H28Cl2N4O3S3/c1-4-27(5-2)13-14-28(23-26-20-15(3)8-9-16(24)21(20)34-23)22(30)17-7-6-12-29(17)35(31,32)19-11-10-18(25)33-19/h8-11,17H,4-7,12-14H2,1-3H3. The summed E-state index contributed by atoms with van der Waals surface area (Å²) in [6.45, 7) is 9.18. The zero-order chi connectivity index (χ0) is 25.3. The molecule has 1 aromatic carbocycles. The van der Waals surface area contributed by atoms with Gasteiger partial charge in [-0.05, 0) is 56.6 Å². The number of aromatic nitrogens is 1. The molecule has 1 saturated heterocycles. The normalized spacial score (nSPS) is 17.0. The van der Waals surface area contributed by atoms with Gasteiger partial charge < -0.3 is 4.90 Å². The summed E-state index contributed by atoms with van der Waals surface area (Å²) in [5.41, 5.74) is 1.74. The molecule has 1 amide bonds. The van der Waals surface area contributed by atoms with Gasteiger partial charge in [0.2, 0.25) is 5.91 Å². The van der Waals surface area contributed by atoms with E-state index in [0.29, 0.717) is 47.0 Å². The number of carbonyl (C=O) groups excluding carboxylic acids is 1. The molecular weight excluding hydrogens is 547 g/mol. The SMILES string of the molecule is CCN(CC)CCN(C(=O)C1CCCN1S(=O)(=O)c1ccc(Cl)s1)c1nc2c(C)ccc(Cl)c2s1. The van der Waals surface area contributed by atoms with Crippen LogP contribution in [-0.4, -0.2) is 67.3 Å².